The van der Waals surface area contributed by atoms with Crippen LogP contribution in [0.2, 0.25) is 0 Å². The summed E-state index contributed by atoms with van der Waals surface area (Å²) in [6.07, 6.45) is -2.13. The number of halogens is 3. The van der Waals surface area contributed by atoms with Gasteiger partial charge in [-0.15, -0.1) is 0 Å². The lowest BCUT2D eigenvalue weighted by Gasteiger charge is -2.25. The predicted molar refractivity (Wildman–Crippen MR) is 158 cm³/mol. The maximum absolute atomic E-state index is 13.6. The fourth-order valence-corrected chi connectivity index (χ4v) is 4.53. The monoisotopic (exact) mass is 598 g/mol. The molecule has 1 aromatic carbocycles. The Morgan fingerprint density at radius 2 is 1.71 bits per heavy atom. The average molecular weight is 599 g/mol. The highest BCUT2D eigenvalue weighted by Gasteiger charge is 2.38. The van der Waals surface area contributed by atoms with E-state index in [4.69, 9.17) is 0 Å². The van der Waals surface area contributed by atoms with E-state index in [0.717, 1.165) is 10.1 Å². The van der Waals surface area contributed by atoms with Crippen molar-refractivity contribution in [1.29, 1.82) is 0 Å². The molecule has 0 aliphatic carbocycles. The van der Waals surface area contributed by atoms with E-state index in [0.29, 0.717) is 17.2 Å². The number of rotatable bonds is 14. The number of imidazole rings is 1. The van der Waals surface area contributed by atoms with E-state index in [-0.39, 0.29) is 31.9 Å². The molecule has 0 aliphatic heterocycles. The third-order valence-corrected chi connectivity index (χ3v) is 6.64. The van der Waals surface area contributed by atoms with Gasteiger partial charge in [-0.1, -0.05) is 56.3 Å². The van der Waals surface area contributed by atoms with Gasteiger partial charge in [0.25, 0.3) is 11.8 Å². The molecule has 2 aromatic rings. The van der Waals surface area contributed by atoms with E-state index < -0.39 is 36.0 Å². The van der Waals surface area contributed by atoms with Gasteiger partial charge in [0.15, 0.2) is 12.2 Å². The number of alkyl halides is 3. The standard InChI is InChI=1S/C27H35F3N4O4S.C2H6/c1-4-10-20-21(11-5-2)34(26(32-20)27(28,29)30)15-17-39-16-14-31-24(37)22(35)23(36)25(38)33(6-3)18-19-12-8-7-9-13-19;1-2/h4-5,7-13,22-23,35-36H,6,14-18H2,1-3H3,(H,31,37);1-2H3/b10-4-,11-5-;/t22-,23-;/m1./s1. The van der Waals surface area contributed by atoms with Crippen LogP contribution >= 0.6 is 11.8 Å². The molecule has 0 saturated heterocycles. The molecular formula is C29H41F3N4O4S. The first kappa shape index (κ1) is 35.9. The SMILES string of the molecule is C/C=C\c1nc(C(F)(F)F)n(CCSCCNC(=O)[C@H](O)[C@@H](O)C(=O)N(CC)Cc2ccccc2)c1/C=C\C.CC. The fourth-order valence-electron chi connectivity index (χ4n) is 3.76. The summed E-state index contributed by atoms with van der Waals surface area (Å²) in [6.45, 7) is 9.76. The number of aliphatic hydroxyl groups excluding tert-OH is 2. The normalized spacial score (nSPS) is 13.1. The minimum Gasteiger partial charge on any atom is -0.380 e. The maximum atomic E-state index is 13.6. The summed E-state index contributed by atoms with van der Waals surface area (Å²) in [5.41, 5.74) is 1.42. The van der Waals surface area contributed by atoms with Crippen molar-refractivity contribution in [3.63, 3.8) is 0 Å². The molecule has 0 unspecified atom stereocenters. The molecule has 2 rings (SSSR count). The molecule has 41 heavy (non-hydrogen) atoms. The van der Waals surface area contributed by atoms with Gasteiger partial charge in [-0.25, -0.2) is 4.98 Å². The van der Waals surface area contributed by atoms with Crippen LogP contribution in [0.1, 0.15) is 57.4 Å². The van der Waals surface area contributed by atoms with Crippen LogP contribution in [0.3, 0.4) is 0 Å². The molecule has 1 heterocycles. The van der Waals surface area contributed by atoms with Crippen LogP contribution in [0.5, 0.6) is 0 Å². The molecule has 12 heteroatoms. The Morgan fingerprint density at radius 1 is 1.07 bits per heavy atom. The number of carbonyl (C=O) groups is 2. The predicted octanol–water partition coefficient (Wildman–Crippen LogP) is 4.61. The van der Waals surface area contributed by atoms with E-state index in [1.54, 1.807) is 39.0 Å². The molecule has 0 spiro atoms. The third kappa shape index (κ3) is 11.0. The van der Waals surface area contributed by atoms with Gasteiger partial charge in [0.2, 0.25) is 5.82 Å². The number of nitrogens with zero attached hydrogens (tertiary/aromatic N) is 3. The van der Waals surface area contributed by atoms with Gasteiger partial charge in [0.05, 0.1) is 11.4 Å². The van der Waals surface area contributed by atoms with Crippen LogP contribution < -0.4 is 5.32 Å². The summed E-state index contributed by atoms with van der Waals surface area (Å²) < 4.78 is 41.8. The number of thioether (sulfide) groups is 1. The molecule has 3 N–H and O–H groups in total. The molecule has 1 aromatic heterocycles. The van der Waals surface area contributed by atoms with Crippen molar-refractivity contribution < 1.29 is 33.0 Å². The van der Waals surface area contributed by atoms with Crippen molar-refractivity contribution in [3.05, 3.63) is 65.3 Å². The minimum absolute atomic E-state index is 0.0434. The van der Waals surface area contributed by atoms with E-state index in [2.05, 4.69) is 10.3 Å². The number of hydrogen-bond donors (Lipinski definition) is 3. The highest BCUT2D eigenvalue weighted by molar-refractivity contribution is 7.99. The molecule has 228 valence electrons. The van der Waals surface area contributed by atoms with Gasteiger partial charge < -0.3 is 25.0 Å². The van der Waals surface area contributed by atoms with E-state index in [1.165, 1.54) is 22.7 Å². The van der Waals surface area contributed by atoms with Gasteiger partial charge >= 0.3 is 6.18 Å². The molecule has 8 nitrogen and oxygen atoms in total. The number of likely N-dealkylation sites (N-methyl/N-ethyl adjacent to an activating group) is 1. The van der Waals surface area contributed by atoms with Crippen molar-refractivity contribution in [3.8, 4) is 0 Å². The number of hydrogen-bond acceptors (Lipinski definition) is 6. The van der Waals surface area contributed by atoms with Crippen molar-refractivity contribution >= 4 is 35.7 Å². The van der Waals surface area contributed by atoms with Crippen LogP contribution in [-0.4, -0.2) is 73.3 Å². The number of aliphatic hydroxyl groups is 2. The number of aromatic nitrogens is 2. The van der Waals surface area contributed by atoms with Gasteiger partial charge in [-0.2, -0.15) is 24.9 Å². The summed E-state index contributed by atoms with van der Waals surface area (Å²) >= 11 is 1.30. The second-order valence-electron chi connectivity index (χ2n) is 8.49. The van der Waals surface area contributed by atoms with Gasteiger partial charge in [0.1, 0.15) is 0 Å². The summed E-state index contributed by atoms with van der Waals surface area (Å²) in [5, 5.41) is 22.9. The van der Waals surface area contributed by atoms with E-state index in [1.807, 2.05) is 44.2 Å². The summed E-state index contributed by atoms with van der Waals surface area (Å²) in [5.74, 6) is -2.01. The zero-order valence-corrected chi connectivity index (χ0v) is 25.0. The van der Waals surface area contributed by atoms with Crippen molar-refractivity contribution in [1.82, 2.24) is 19.8 Å². The average Bonchev–Trinajstić information content (AvgIpc) is 3.31. The highest BCUT2D eigenvalue weighted by Crippen LogP contribution is 2.31. The zero-order valence-electron chi connectivity index (χ0n) is 24.2. The van der Waals surface area contributed by atoms with Gasteiger partial charge in [-0.05, 0) is 38.5 Å². The summed E-state index contributed by atoms with van der Waals surface area (Å²) in [4.78, 5) is 30.0. The van der Waals surface area contributed by atoms with Gasteiger partial charge in [0, 0.05) is 37.7 Å². The Balaban J connectivity index is 0.00000411. The van der Waals surface area contributed by atoms with Gasteiger partial charge in [-0.3, -0.25) is 9.59 Å². The summed E-state index contributed by atoms with van der Waals surface area (Å²) in [7, 11) is 0. The molecule has 2 atom stereocenters. The lowest BCUT2D eigenvalue weighted by molar-refractivity contribution is -0.153. The second-order valence-corrected chi connectivity index (χ2v) is 9.71. The van der Waals surface area contributed by atoms with Crippen molar-refractivity contribution in [2.75, 3.05) is 24.6 Å². The van der Waals surface area contributed by atoms with E-state index in [9.17, 15) is 33.0 Å². The largest absolute Gasteiger partial charge is 0.449 e. The maximum Gasteiger partial charge on any atom is 0.449 e. The first-order valence-electron chi connectivity index (χ1n) is 13.5. The topological polar surface area (TPSA) is 108 Å². The quantitative estimate of drug-likeness (QED) is 0.274. The zero-order chi connectivity index (χ0) is 31.0. The third-order valence-electron chi connectivity index (χ3n) is 5.67. The lowest BCUT2D eigenvalue weighted by atomic mass is 10.1. The Bertz CT molecular complexity index is 1140. The molecule has 0 radical (unpaired) electrons. The number of allylic oxidation sites excluding steroid dienone is 2. The van der Waals surface area contributed by atoms with Crippen LogP contribution in [0.25, 0.3) is 12.2 Å². The Hall–Kier alpha value is -3.09. The number of nitrogens with one attached hydrogen (secondary N) is 1. The van der Waals surface area contributed by atoms with Crippen LogP contribution in [0.15, 0.2) is 42.5 Å². The van der Waals surface area contributed by atoms with Crippen molar-refractivity contribution in [2.45, 2.75) is 66.1 Å². The number of benzene rings is 1. The second kappa shape index (κ2) is 18.4. The Labute approximate surface area is 244 Å². The smallest absolute Gasteiger partial charge is 0.380 e. The molecule has 0 saturated carbocycles. The fraction of sp³-hybridized carbons (Fsp3) is 0.483. The number of carbonyl (C=O) groups excluding carboxylic acids is 2. The molecule has 0 fully saturated rings. The molecule has 0 aliphatic rings. The number of amides is 2. The first-order valence-corrected chi connectivity index (χ1v) is 14.7. The van der Waals surface area contributed by atoms with Crippen molar-refractivity contribution in [2.24, 2.45) is 0 Å². The van der Waals surface area contributed by atoms with Crippen LogP contribution in [0, 0.1) is 0 Å². The Kier molecular flexibility index (Phi) is 16.1. The molecule has 2 amide bonds. The highest BCUT2D eigenvalue weighted by atomic mass is 32.2. The van der Waals surface area contributed by atoms with E-state index >= 15 is 0 Å². The van der Waals surface area contributed by atoms with Crippen LogP contribution in [-0.2, 0) is 28.9 Å². The Morgan fingerprint density at radius 3 is 2.27 bits per heavy atom. The molecule has 0 bridgehead atoms. The lowest BCUT2D eigenvalue weighted by Crippen LogP contribution is -2.50. The minimum atomic E-state index is -4.61. The first-order chi connectivity index (χ1) is 19.5. The molecular weight excluding hydrogens is 557 g/mol. The van der Waals surface area contributed by atoms with Crippen LogP contribution in [0.4, 0.5) is 13.2 Å². The summed E-state index contributed by atoms with van der Waals surface area (Å²) in [6, 6.07) is 9.11.